The second-order valence-corrected chi connectivity index (χ2v) is 4.98. The van der Waals surface area contributed by atoms with Crippen molar-refractivity contribution in [3.8, 4) is 0 Å². The summed E-state index contributed by atoms with van der Waals surface area (Å²) in [6, 6.07) is 5.69. The summed E-state index contributed by atoms with van der Waals surface area (Å²) >= 11 is 7.69. The molecule has 0 spiro atoms. The fourth-order valence-electron chi connectivity index (χ4n) is 1.56. The summed E-state index contributed by atoms with van der Waals surface area (Å²) in [6.45, 7) is 1.93. The molecule has 1 N–H and O–H groups in total. The number of benzene rings is 1. The highest BCUT2D eigenvalue weighted by molar-refractivity contribution is 7.09. The van der Waals surface area contributed by atoms with Crippen LogP contribution >= 0.6 is 22.9 Å². The summed E-state index contributed by atoms with van der Waals surface area (Å²) < 4.78 is 0. The normalized spacial score (nSPS) is 12.7. The Morgan fingerprint density at radius 1 is 1.50 bits per heavy atom. The fourth-order valence-corrected chi connectivity index (χ4v) is 2.46. The Balaban J connectivity index is 2.21. The van der Waals surface area contributed by atoms with Gasteiger partial charge in [0.2, 0.25) is 0 Å². The summed E-state index contributed by atoms with van der Waals surface area (Å²) in [5.41, 5.74) is 1.76. The molecule has 2 rings (SSSR count). The monoisotopic (exact) mass is 253 g/mol. The van der Waals surface area contributed by atoms with Crippen LogP contribution in [0.3, 0.4) is 0 Å². The van der Waals surface area contributed by atoms with E-state index in [-0.39, 0.29) is 0 Å². The van der Waals surface area contributed by atoms with Gasteiger partial charge in [-0.15, -0.1) is 11.3 Å². The zero-order chi connectivity index (χ0) is 11.5. The van der Waals surface area contributed by atoms with Gasteiger partial charge < -0.3 is 5.11 Å². The minimum absolute atomic E-state index is 0.515. The smallest absolute Gasteiger partial charge is 0.0954 e. The molecule has 1 aromatic carbocycles. The molecular formula is C12H12ClNOS. The molecule has 0 bridgehead atoms. The van der Waals surface area contributed by atoms with E-state index in [0.717, 1.165) is 16.1 Å². The van der Waals surface area contributed by atoms with Crippen LogP contribution in [0.5, 0.6) is 0 Å². The minimum atomic E-state index is -0.585. The van der Waals surface area contributed by atoms with Crippen LogP contribution in [0.25, 0.3) is 0 Å². The molecule has 0 fully saturated rings. The summed E-state index contributed by atoms with van der Waals surface area (Å²) in [5, 5.41) is 13.5. The Kier molecular flexibility index (Phi) is 3.59. The lowest BCUT2D eigenvalue weighted by molar-refractivity contribution is 0.178. The van der Waals surface area contributed by atoms with Gasteiger partial charge in [-0.25, -0.2) is 4.98 Å². The quantitative estimate of drug-likeness (QED) is 0.910. The van der Waals surface area contributed by atoms with Crippen molar-refractivity contribution in [1.82, 2.24) is 4.98 Å². The second-order valence-electron chi connectivity index (χ2n) is 3.62. The highest BCUT2D eigenvalue weighted by Gasteiger charge is 2.14. The number of aryl methyl sites for hydroxylation is 1. The third kappa shape index (κ3) is 2.43. The van der Waals surface area contributed by atoms with Gasteiger partial charge in [-0.3, -0.25) is 0 Å². The first kappa shape index (κ1) is 11.6. The lowest BCUT2D eigenvalue weighted by Gasteiger charge is -2.12. The summed E-state index contributed by atoms with van der Waals surface area (Å²) in [7, 11) is 0. The maximum absolute atomic E-state index is 10.1. The second kappa shape index (κ2) is 4.95. The zero-order valence-electron chi connectivity index (χ0n) is 8.85. The van der Waals surface area contributed by atoms with E-state index in [1.54, 1.807) is 17.5 Å². The van der Waals surface area contributed by atoms with Gasteiger partial charge in [-0.2, -0.15) is 0 Å². The lowest BCUT2D eigenvalue weighted by atomic mass is 10.0. The van der Waals surface area contributed by atoms with E-state index in [0.29, 0.717) is 11.4 Å². The number of hydrogen-bond donors (Lipinski definition) is 1. The molecule has 0 amide bonds. The van der Waals surface area contributed by atoms with Gasteiger partial charge >= 0.3 is 0 Å². The van der Waals surface area contributed by atoms with Gasteiger partial charge in [-0.05, 0) is 18.1 Å². The van der Waals surface area contributed by atoms with Crippen molar-refractivity contribution < 1.29 is 5.11 Å². The average Bonchev–Trinajstić information content (AvgIpc) is 2.74. The Morgan fingerprint density at radius 3 is 3.00 bits per heavy atom. The van der Waals surface area contributed by atoms with E-state index >= 15 is 0 Å². The molecule has 1 unspecified atom stereocenters. The summed E-state index contributed by atoms with van der Waals surface area (Å²) in [4.78, 5) is 4.15. The molecule has 2 aromatic rings. The standard InChI is InChI=1S/C12H12ClNOS/c1-8-3-2-4-9(12(8)13)10(15)7-11-14-5-6-16-11/h2-6,10,15H,7H2,1H3. The van der Waals surface area contributed by atoms with Crippen LogP contribution in [0.2, 0.25) is 5.02 Å². The molecule has 84 valence electrons. The molecule has 2 nitrogen and oxygen atoms in total. The molecule has 0 aliphatic rings. The van der Waals surface area contributed by atoms with E-state index in [4.69, 9.17) is 11.6 Å². The van der Waals surface area contributed by atoms with E-state index < -0.39 is 6.10 Å². The van der Waals surface area contributed by atoms with Gasteiger partial charge in [-0.1, -0.05) is 29.8 Å². The van der Waals surface area contributed by atoms with Crippen LogP contribution in [-0.4, -0.2) is 10.1 Å². The molecule has 0 saturated heterocycles. The Hall–Kier alpha value is -0.900. The number of aromatic nitrogens is 1. The number of thiazole rings is 1. The van der Waals surface area contributed by atoms with Crippen LogP contribution in [0.15, 0.2) is 29.8 Å². The number of aliphatic hydroxyl groups is 1. The van der Waals surface area contributed by atoms with Crippen molar-refractivity contribution >= 4 is 22.9 Å². The number of rotatable bonds is 3. The molecular weight excluding hydrogens is 242 g/mol. The van der Waals surface area contributed by atoms with Crippen molar-refractivity contribution in [2.45, 2.75) is 19.4 Å². The summed E-state index contributed by atoms with van der Waals surface area (Å²) in [6.07, 6.45) is 1.67. The van der Waals surface area contributed by atoms with Gasteiger partial charge in [0, 0.05) is 23.0 Å². The third-order valence-electron chi connectivity index (χ3n) is 2.43. The van der Waals surface area contributed by atoms with E-state index in [2.05, 4.69) is 4.98 Å². The first-order chi connectivity index (χ1) is 7.68. The van der Waals surface area contributed by atoms with Crippen LogP contribution in [0, 0.1) is 6.92 Å². The largest absolute Gasteiger partial charge is 0.388 e. The van der Waals surface area contributed by atoms with Gasteiger partial charge in [0.05, 0.1) is 11.1 Å². The average molecular weight is 254 g/mol. The van der Waals surface area contributed by atoms with E-state index in [9.17, 15) is 5.11 Å². The molecule has 0 radical (unpaired) electrons. The van der Waals surface area contributed by atoms with Gasteiger partial charge in [0.25, 0.3) is 0 Å². The zero-order valence-corrected chi connectivity index (χ0v) is 10.4. The van der Waals surface area contributed by atoms with Crippen LogP contribution in [0.1, 0.15) is 22.2 Å². The molecule has 1 heterocycles. The minimum Gasteiger partial charge on any atom is -0.388 e. The highest BCUT2D eigenvalue weighted by atomic mass is 35.5. The topological polar surface area (TPSA) is 33.1 Å². The molecule has 16 heavy (non-hydrogen) atoms. The van der Waals surface area contributed by atoms with Crippen molar-refractivity contribution in [3.63, 3.8) is 0 Å². The van der Waals surface area contributed by atoms with Gasteiger partial charge in [0.1, 0.15) is 0 Å². The van der Waals surface area contributed by atoms with E-state index in [1.807, 2.05) is 30.5 Å². The molecule has 4 heteroatoms. The number of aliphatic hydroxyl groups excluding tert-OH is 1. The van der Waals surface area contributed by atoms with Crippen molar-refractivity contribution in [1.29, 1.82) is 0 Å². The highest BCUT2D eigenvalue weighted by Crippen LogP contribution is 2.28. The SMILES string of the molecule is Cc1cccc(C(O)Cc2nccs2)c1Cl. The molecule has 1 aromatic heterocycles. The lowest BCUT2D eigenvalue weighted by Crippen LogP contribution is -2.02. The maximum Gasteiger partial charge on any atom is 0.0954 e. The first-order valence-electron chi connectivity index (χ1n) is 5.00. The number of hydrogen-bond acceptors (Lipinski definition) is 3. The predicted octanol–water partition coefficient (Wildman–Crippen LogP) is 3.38. The molecule has 0 aliphatic heterocycles. The first-order valence-corrected chi connectivity index (χ1v) is 6.25. The molecule has 0 saturated carbocycles. The third-order valence-corrected chi connectivity index (χ3v) is 3.75. The number of halogens is 1. The Morgan fingerprint density at radius 2 is 2.31 bits per heavy atom. The predicted molar refractivity (Wildman–Crippen MR) is 67.0 cm³/mol. The van der Waals surface area contributed by atoms with Crippen LogP contribution in [0.4, 0.5) is 0 Å². The Bertz CT molecular complexity index is 470. The van der Waals surface area contributed by atoms with Crippen LogP contribution < -0.4 is 0 Å². The molecule has 1 atom stereocenters. The van der Waals surface area contributed by atoms with Crippen molar-refractivity contribution in [2.75, 3.05) is 0 Å². The van der Waals surface area contributed by atoms with E-state index in [1.165, 1.54) is 0 Å². The van der Waals surface area contributed by atoms with Crippen molar-refractivity contribution in [2.24, 2.45) is 0 Å². The van der Waals surface area contributed by atoms with Gasteiger partial charge in [0.15, 0.2) is 0 Å². The fraction of sp³-hybridized carbons (Fsp3) is 0.250. The maximum atomic E-state index is 10.1. The number of nitrogens with zero attached hydrogens (tertiary/aromatic N) is 1. The van der Waals surface area contributed by atoms with Crippen LogP contribution in [-0.2, 0) is 6.42 Å². The van der Waals surface area contributed by atoms with Crippen molar-refractivity contribution in [3.05, 3.63) is 50.9 Å². The molecule has 0 aliphatic carbocycles. The Labute approximate surface area is 104 Å². The summed E-state index contributed by atoms with van der Waals surface area (Å²) in [5.74, 6) is 0.